The second kappa shape index (κ2) is 8.84. The van der Waals surface area contributed by atoms with Gasteiger partial charge in [0.15, 0.2) is 5.88 Å². The minimum absolute atomic E-state index is 0.181. The van der Waals surface area contributed by atoms with Crippen LogP contribution in [0.3, 0.4) is 0 Å². The van der Waals surface area contributed by atoms with Crippen molar-refractivity contribution in [1.29, 1.82) is 0 Å². The monoisotopic (exact) mass is 386 g/mol. The molecular formula is C21H24F2N4O. The molecule has 0 saturated carbocycles. The van der Waals surface area contributed by atoms with Crippen molar-refractivity contribution in [2.24, 2.45) is 4.99 Å². The maximum absolute atomic E-state index is 14.3. The molecule has 148 valence electrons. The van der Waals surface area contributed by atoms with E-state index in [9.17, 15) is 13.9 Å². The Balaban J connectivity index is 1.74. The molecule has 5 nitrogen and oxygen atoms in total. The Morgan fingerprint density at radius 3 is 2.64 bits per heavy atom. The fourth-order valence-electron chi connectivity index (χ4n) is 3.10. The van der Waals surface area contributed by atoms with Crippen LogP contribution >= 0.6 is 0 Å². The van der Waals surface area contributed by atoms with Gasteiger partial charge in [0.25, 0.3) is 0 Å². The first-order valence-electron chi connectivity index (χ1n) is 9.32. The Morgan fingerprint density at radius 2 is 1.93 bits per heavy atom. The van der Waals surface area contributed by atoms with Crippen molar-refractivity contribution >= 4 is 28.5 Å². The van der Waals surface area contributed by atoms with E-state index in [1.54, 1.807) is 24.3 Å². The third-order valence-corrected chi connectivity index (χ3v) is 4.72. The summed E-state index contributed by atoms with van der Waals surface area (Å²) in [4.78, 5) is 9.14. The number of rotatable bonds is 8. The third kappa shape index (κ3) is 4.31. The molecule has 0 aliphatic heterocycles. The molecule has 0 amide bonds. The predicted octanol–water partition coefficient (Wildman–Crippen LogP) is 4.66. The van der Waals surface area contributed by atoms with Gasteiger partial charge in [-0.15, -0.1) is 0 Å². The number of aliphatic imine (C=N–C) groups is 1. The minimum Gasteiger partial charge on any atom is -0.494 e. The SMILES string of the molecule is CCN(CC)CCNc1ccc(N=Cc2c(O)[nH]c3cccc(F)c23)cc1F. The molecule has 2 aromatic carbocycles. The van der Waals surface area contributed by atoms with Gasteiger partial charge in [-0.3, -0.25) is 4.99 Å². The van der Waals surface area contributed by atoms with Crippen LogP contribution in [0.2, 0.25) is 0 Å². The molecule has 1 aromatic heterocycles. The first-order chi connectivity index (χ1) is 13.5. The Kier molecular flexibility index (Phi) is 6.26. The average Bonchev–Trinajstić information content (AvgIpc) is 3.01. The fraction of sp³-hybridized carbons (Fsp3) is 0.286. The number of nitrogens with one attached hydrogen (secondary N) is 2. The molecule has 1 heterocycles. The number of H-pyrrole nitrogens is 1. The first kappa shape index (κ1) is 19.8. The van der Waals surface area contributed by atoms with Crippen molar-refractivity contribution in [2.75, 3.05) is 31.5 Å². The highest BCUT2D eigenvalue weighted by atomic mass is 19.1. The smallest absolute Gasteiger partial charge is 0.198 e. The van der Waals surface area contributed by atoms with Gasteiger partial charge in [0.2, 0.25) is 0 Å². The molecule has 0 spiro atoms. The van der Waals surface area contributed by atoms with Crippen LogP contribution in [0.5, 0.6) is 5.88 Å². The van der Waals surface area contributed by atoms with Crippen LogP contribution in [-0.2, 0) is 0 Å². The van der Waals surface area contributed by atoms with Gasteiger partial charge in [-0.1, -0.05) is 19.9 Å². The summed E-state index contributed by atoms with van der Waals surface area (Å²) in [5.41, 5.74) is 1.48. The highest BCUT2D eigenvalue weighted by molar-refractivity contribution is 6.02. The van der Waals surface area contributed by atoms with Crippen LogP contribution in [0.15, 0.2) is 41.4 Å². The number of aromatic nitrogens is 1. The lowest BCUT2D eigenvalue weighted by molar-refractivity contribution is 0.316. The number of halogens is 2. The van der Waals surface area contributed by atoms with Crippen molar-refractivity contribution in [1.82, 2.24) is 9.88 Å². The van der Waals surface area contributed by atoms with Gasteiger partial charge in [0.1, 0.15) is 11.6 Å². The van der Waals surface area contributed by atoms with Crippen molar-refractivity contribution in [3.05, 3.63) is 53.6 Å². The number of likely N-dealkylation sites (N-methyl/N-ethyl adjacent to an activating group) is 1. The van der Waals surface area contributed by atoms with Crippen LogP contribution < -0.4 is 5.32 Å². The Morgan fingerprint density at radius 1 is 1.14 bits per heavy atom. The second-order valence-electron chi connectivity index (χ2n) is 6.43. The highest BCUT2D eigenvalue weighted by Gasteiger charge is 2.12. The third-order valence-electron chi connectivity index (χ3n) is 4.72. The maximum atomic E-state index is 14.3. The molecule has 3 aromatic rings. The number of anilines is 1. The standard InChI is InChI=1S/C21H24F2N4O/c1-3-27(4-2)11-10-24-18-9-8-14(12-17(18)23)25-13-15-20-16(22)6-5-7-19(20)26-21(15)28/h5-9,12-13,24,26,28H,3-4,10-11H2,1-2H3. The van der Waals surface area contributed by atoms with E-state index in [1.807, 2.05) is 0 Å². The van der Waals surface area contributed by atoms with Gasteiger partial charge in [-0.2, -0.15) is 0 Å². The number of nitrogens with zero attached hydrogens (tertiary/aromatic N) is 2. The maximum Gasteiger partial charge on any atom is 0.198 e. The fourth-order valence-corrected chi connectivity index (χ4v) is 3.10. The van der Waals surface area contributed by atoms with Crippen molar-refractivity contribution in [2.45, 2.75) is 13.8 Å². The van der Waals surface area contributed by atoms with E-state index in [0.29, 0.717) is 23.4 Å². The molecule has 0 aliphatic carbocycles. The molecule has 0 aliphatic rings. The van der Waals surface area contributed by atoms with E-state index in [1.165, 1.54) is 18.3 Å². The van der Waals surface area contributed by atoms with Crippen LogP contribution in [-0.4, -0.2) is 47.4 Å². The van der Waals surface area contributed by atoms with Gasteiger partial charge in [-0.05, 0) is 37.4 Å². The molecule has 0 fully saturated rings. The quantitative estimate of drug-likeness (QED) is 0.494. The molecule has 0 bridgehead atoms. The number of benzene rings is 2. The molecule has 0 atom stereocenters. The molecule has 0 saturated heterocycles. The molecule has 0 radical (unpaired) electrons. The molecular weight excluding hydrogens is 362 g/mol. The zero-order valence-corrected chi connectivity index (χ0v) is 16.0. The lowest BCUT2D eigenvalue weighted by atomic mass is 10.1. The van der Waals surface area contributed by atoms with Crippen molar-refractivity contribution in [3.8, 4) is 5.88 Å². The summed E-state index contributed by atoms with van der Waals surface area (Å²) in [5, 5.41) is 13.4. The van der Waals surface area contributed by atoms with Crippen LogP contribution in [0.25, 0.3) is 10.9 Å². The number of aromatic amines is 1. The first-order valence-corrected chi connectivity index (χ1v) is 9.32. The van der Waals surface area contributed by atoms with Crippen molar-refractivity contribution < 1.29 is 13.9 Å². The van der Waals surface area contributed by atoms with E-state index in [4.69, 9.17) is 0 Å². The molecule has 7 heteroatoms. The predicted molar refractivity (Wildman–Crippen MR) is 110 cm³/mol. The molecule has 3 rings (SSSR count). The number of aromatic hydroxyl groups is 1. The minimum atomic E-state index is -0.463. The van der Waals surface area contributed by atoms with Crippen LogP contribution in [0.4, 0.5) is 20.2 Å². The van der Waals surface area contributed by atoms with Crippen LogP contribution in [0.1, 0.15) is 19.4 Å². The summed E-state index contributed by atoms with van der Waals surface area (Å²) in [6.45, 7) is 7.56. The van der Waals surface area contributed by atoms with Crippen molar-refractivity contribution in [3.63, 3.8) is 0 Å². The van der Waals surface area contributed by atoms with Gasteiger partial charge in [0, 0.05) is 30.8 Å². The second-order valence-corrected chi connectivity index (χ2v) is 6.43. The summed E-state index contributed by atoms with van der Waals surface area (Å²) >= 11 is 0. The lowest BCUT2D eigenvalue weighted by Crippen LogP contribution is -2.28. The van der Waals surface area contributed by atoms with Crippen LogP contribution in [0, 0.1) is 11.6 Å². The average molecular weight is 386 g/mol. The summed E-state index contributed by atoms with van der Waals surface area (Å²) < 4.78 is 28.4. The lowest BCUT2D eigenvalue weighted by Gasteiger charge is -2.18. The normalized spacial score (nSPS) is 11.8. The summed E-state index contributed by atoms with van der Waals surface area (Å²) in [5.74, 6) is -1.06. The Labute approximate surface area is 162 Å². The van der Waals surface area contributed by atoms with E-state index >= 15 is 0 Å². The summed E-state index contributed by atoms with van der Waals surface area (Å²) in [6, 6.07) is 9.12. The molecule has 0 unspecified atom stereocenters. The Bertz CT molecular complexity index is 980. The number of fused-ring (bicyclic) bond motifs is 1. The molecule has 3 N–H and O–H groups in total. The zero-order chi connectivity index (χ0) is 20.1. The summed E-state index contributed by atoms with van der Waals surface area (Å²) in [6.07, 6.45) is 1.33. The van der Waals surface area contributed by atoms with E-state index in [-0.39, 0.29) is 16.8 Å². The van der Waals surface area contributed by atoms with Gasteiger partial charge >= 0.3 is 0 Å². The number of hydrogen-bond acceptors (Lipinski definition) is 4. The van der Waals surface area contributed by atoms with E-state index in [0.717, 1.165) is 19.6 Å². The van der Waals surface area contributed by atoms with Gasteiger partial charge in [0.05, 0.1) is 22.5 Å². The molecule has 28 heavy (non-hydrogen) atoms. The number of hydrogen-bond donors (Lipinski definition) is 3. The summed E-state index contributed by atoms with van der Waals surface area (Å²) in [7, 11) is 0. The van der Waals surface area contributed by atoms with E-state index in [2.05, 4.69) is 34.0 Å². The largest absolute Gasteiger partial charge is 0.494 e. The van der Waals surface area contributed by atoms with Gasteiger partial charge < -0.3 is 20.3 Å². The highest BCUT2D eigenvalue weighted by Crippen LogP contribution is 2.29. The zero-order valence-electron chi connectivity index (χ0n) is 16.0. The Hall–Kier alpha value is -2.93. The van der Waals surface area contributed by atoms with Gasteiger partial charge in [-0.25, -0.2) is 8.78 Å². The van der Waals surface area contributed by atoms with E-state index < -0.39 is 11.6 Å². The topological polar surface area (TPSA) is 63.6 Å².